The molecule has 0 aromatic carbocycles. The Kier molecular flexibility index (Phi) is 2.73. The number of carbonyl (C=O) groups excluding carboxylic acids is 2. The molecule has 0 bridgehead atoms. The molecule has 8 atom stereocenters. The highest BCUT2D eigenvalue weighted by Gasteiger charge is 2.66. The second-order valence-electron chi connectivity index (χ2n) is 6.58. The maximum atomic E-state index is 12.3. The highest BCUT2D eigenvalue weighted by atomic mass is 16.1. The molecule has 110 valence electrons. The molecule has 0 aliphatic heterocycles. The Bertz CT molecular complexity index is 636. The van der Waals surface area contributed by atoms with Crippen LogP contribution in [0.4, 0.5) is 0 Å². The van der Waals surface area contributed by atoms with Crippen LogP contribution in [0.25, 0.3) is 11.1 Å². The first-order chi connectivity index (χ1) is 10.7. The Hall–Kier alpha value is -2.42. The van der Waals surface area contributed by atoms with Gasteiger partial charge in [-0.2, -0.15) is 9.58 Å². The van der Waals surface area contributed by atoms with E-state index in [4.69, 9.17) is 11.1 Å². The van der Waals surface area contributed by atoms with Crippen LogP contribution < -0.4 is 0 Å². The lowest BCUT2D eigenvalue weighted by Crippen LogP contribution is -2.29. The van der Waals surface area contributed by atoms with Crippen LogP contribution in [0.15, 0.2) is 24.3 Å². The lowest BCUT2D eigenvalue weighted by atomic mass is 9.80. The van der Waals surface area contributed by atoms with Crippen molar-refractivity contribution in [2.45, 2.75) is 0 Å². The number of hydrogen-bond donors (Lipinski definition) is 0. The van der Waals surface area contributed by atoms with Crippen LogP contribution in [0.1, 0.15) is 0 Å². The molecule has 0 radical (unpaired) electrons. The van der Waals surface area contributed by atoms with Crippen molar-refractivity contribution in [3.63, 3.8) is 0 Å². The normalized spacial score (nSPS) is 45.3. The monoisotopic (exact) mass is 294 g/mol. The van der Waals surface area contributed by atoms with Crippen LogP contribution in [0.3, 0.4) is 0 Å². The maximum absolute atomic E-state index is 12.3. The zero-order valence-corrected chi connectivity index (χ0v) is 11.7. The molecule has 6 nitrogen and oxygen atoms in total. The molecule has 2 fully saturated rings. The summed E-state index contributed by atoms with van der Waals surface area (Å²) < 4.78 is 0. The minimum absolute atomic E-state index is 0.0989. The number of nitrogens with zero attached hydrogens (tertiary/aromatic N) is 4. The highest BCUT2D eigenvalue weighted by molar-refractivity contribution is 6.27. The van der Waals surface area contributed by atoms with Gasteiger partial charge in [0.05, 0.1) is 0 Å². The molecule has 2 saturated carbocycles. The van der Waals surface area contributed by atoms with E-state index in [9.17, 15) is 9.59 Å². The van der Waals surface area contributed by atoms with Gasteiger partial charge in [0.2, 0.25) is 11.6 Å². The third kappa shape index (κ3) is 1.46. The van der Waals surface area contributed by atoms with Gasteiger partial charge >= 0.3 is 12.4 Å². The second kappa shape index (κ2) is 4.54. The van der Waals surface area contributed by atoms with Crippen LogP contribution >= 0.6 is 0 Å². The fourth-order valence-electron chi connectivity index (χ4n) is 5.56. The molecule has 0 aromatic rings. The molecule has 6 heteroatoms. The van der Waals surface area contributed by atoms with Crippen molar-refractivity contribution in [2.24, 2.45) is 47.3 Å². The predicted octanol–water partition coefficient (Wildman–Crippen LogP) is 0.822. The number of ketones is 2. The van der Waals surface area contributed by atoms with Crippen LogP contribution in [-0.4, -0.2) is 33.6 Å². The summed E-state index contributed by atoms with van der Waals surface area (Å²) in [7, 11) is 0. The average molecular weight is 294 g/mol. The van der Waals surface area contributed by atoms with Gasteiger partial charge in [0.15, 0.2) is 0 Å². The van der Waals surface area contributed by atoms with Crippen molar-refractivity contribution in [1.29, 1.82) is 0 Å². The lowest BCUT2D eigenvalue weighted by molar-refractivity contribution is -0.121. The minimum Gasteiger partial charge on any atom is -0.361 e. The van der Waals surface area contributed by atoms with Gasteiger partial charge in [0, 0.05) is 11.8 Å². The summed E-state index contributed by atoms with van der Waals surface area (Å²) in [6.45, 7) is 0. The Morgan fingerprint density at radius 3 is 1.32 bits per heavy atom. The van der Waals surface area contributed by atoms with E-state index in [1.165, 1.54) is 0 Å². The van der Waals surface area contributed by atoms with E-state index < -0.39 is 0 Å². The van der Waals surface area contributed by atoms with Crippen molar-refractivity contribution in [3.05, 3.63) is 35.4 Å². The first kappa shape index (κ1) is 13.3. The smallest absolute Gasteiger partial charge is 0.323 e. The van der Waals surface area contributed by atoms with Gasteiger partial charge in [0.1, 0.15) is 0 Å². The van der Waals surface area contributed by atoms with E-state index in [1.807, 2.05) is 24.3 Å². The molecule has 0 N–H and O–H groups in total. The van der Waals surface area contributed by atoms with Gasteiger partial charge in [-0.1, -0.05) is 24.3 Å². The van der Waals surface area contributed by atoms with Gasteiger partial charge in [-0.3, -0.25) is 9.59 Å². The van der Waals surface area contributed by atoms with E-state index in [0.29, 0.717) is 0 Å². The van der Waals surface area contributed by atoms with E-state index in [1.54, 1.807) is 0 Å². The molecule has 4 aliphatic carbocycles. The maximum Gasteiger partial charge on any atom is 0.323 e. The summed E-state index contributed by atoms with van der Waals surface area (Å²) in [5, 5.41) is 0. The van der Waals surface area contributed by atoms with Gasteiger partial charge < -0.3 is 11.1 Å². The van der Waals surface area contributed by atoms with E-state index in [0.717, 1.165) is 12.4 Å². The Morgan fingerprint density at radius 1 is 0.727 bits per heavy atom. The summed E-state index contributed by atoms with van der Waals surface area (Å²) in [6, 6.07) is 0. The first-order valence-electron chi connectivity index (χ1n) is 7.48. The van der Waals surface area contributed by atoms with E-state index in [-0.39, 0.29) is 58.9 Å². The molecule has 4 aliphatic rings. The average Bonchev–Trinajstić information content (AvgIpc) is 3.17. The summed E-state index contributed by atoms with van der Waals surface area (Å²) in [4.78, 5) is 30.3. The fourth-order valence-corrected chi connectivity index (χ4v) is 5.56. The summed E-state index contributed by atoms with van der Waals surface area (Å²) in [5.74, 6) is 0.239. The molecule has 4 unspecified atom stereocenters. The van der Waals surface area contributed by atoms with Crippen molar-refractivity contribution in [3.8, 4) is 0 Å². The Balaban J connectivity index is 1.74. The van der Waals surface area contributed by atoms with E-state index in [2.05, 4.69) is 9.58 Å². The Labute approximate surface area is 126 Å². The molecule has 0 heterocycles. The molecule has 0 saturated heterocycles. The molecule has 22 heavy (non-hydrogen) atoms. The number of hydrogen-bond acceptors (Lipinski definition) is 2. The number of rotatable bonds is 4. The topological polar surface area (TPSA) is 107 Å². The van der Waals surface area contributed by atoms with Gasteiger partial charge in [-0.15, -0.1) is 0 Å². The van der Waals surface area contributed by atoms with Crippen molar-refractivity contribution in [2.75, 3.05) is 0 Å². The highest BCUT2D eigenvalue weighted by Crippen LogP contribution is 2.67. The molecular weight excluding hydrogens is 280 g/mol. The zero-order chi connectivity index (χ0) is 15.4. The number of Topliss-reactive ketones (excluding diaryl/α,β-unsaturated/α-hetero) is 2. The van der Waals surface area contributed by atoms with E-state index >= 15 is 0 Å². The fraction of sp³-hybridized carbons (Fsp3) is 0.500. The van der Waals surface area contributed by atoms with Crippen LogP contribution in [-0.2, 0) is 9.59 Å². The largest absolute Gasteiger partial charge is 0.361 e. The SMILES string of the molecule is [N-]=[N+]=CC(=O)C1[C@H]2C=C[C@H]3C(C(=O)C=[N+]=[N-])[C@@H]4C=C[C@@H]1C4C23. The minimum atomic E-state index is -0.198. The van der Waals surface area contributed by atoms with Crippen molar-refractivity contribution in [1.82, 2.24) is 0 Å². The standard InChI is InChI=1S/C16H14N4O2/c17-19-5-11(21)13-7-1-2-8-14(12(22)6-20-18)10-4-3-9(13)16(10)15(7)8/h1-10,13-16H/t7-,8-,9-,10+,13?,14?,15?,16?/m0/s1. The van der Waals surface area contributed by atoms with Gasteiger partial charge in [-0.05, 0) is 35.5 Å². The summed E-state index contributed by atoms with van der Waals surface area (Å²) in [6.07, 6.45) is 10.2. The zero-order valence-electron chi connectivity index (χ0n) is 11.7. The van der Waals surface area contributed by atoms with Crippen molar-refractivity contribution >= 4 is 24.0 Å². The summed E-state index contributed by atoms with van der Waals surface area (Å²) >= 11 is 0. The number of carbonyl (C=O) groups is 2. The van der Waals surface area contributed by atoms with Crippen LogP contribution in [0.5, 0.6) is 0 Å². The quantitative estimate of drug-likeness (QED) is 0.331. The molecule has 0 spiro atoms. The van der Waals surface area contributed by atoms with Crippen LogP contribution in [0.2, 0.25) is 0 Å². The van der Waals surface area contributed by atoms with Crippen LogP contribution in [0, 0.1) is 47.3 Å². The number of allylic oxidation sites excluding steroid dienone is 4. The summed E-state index contributed by atoms with van der Waals surface area (Å²) in [5.41, 5.74) is 17.3. The molecular formula is C16H14N4O2. The molecule has 0 amide bonds. The van der Waals surface area contributed by atoms with Crippen molar-refractivity contribution < 1.29 is 19.2 Å². The first-order valence-corrected chi connectivity index (χ1v) is 7.48. The predicted molar refractivity (Wildman–Crippen MR) is 75.6 cm³/mol. The molecule has 4 rings (SSSR count). The third-order valence-electron chi connectivity index (χ3n) is 6.02. The third-order valence-corrected chi connectivity index (χ3v) is 6.02. The lowest BCUT2D eigenvalue weighted by Gasteiger charge is -2.20. The van der Waals surface area contributed by atoms with Gasteiger partial charge in [0.25, 0.3) is 0 Å². The molecule has 0 aromatic heterocycles. The van der Waals surface area contributed by atoms with Gasteiger partial charge in [-0.25, -0.2) is 0 Å². The second-order valence-corrected chi connectivity index (χ2v) is 6.58. The Morgan fingerprint density at radius 2 is 1.05 bits per heavy atom.